The molecule has 3 atom stereocenters. The maximum absolute atomic E-state index is 12.9. The summed E-state index contributed by atoms with van der Waals surface area (Å²) in [5.74, 6) is -2.93. The van der Waals surface area contributed by atoms with E-state index in [9.17, 15) is 19.5 Å². The first-order chi connectivity index (χ1) is 13.7. The predicted octanol–water partition coefficient (Wildman–Crippen LogP) is 2.88. The number of carboxylic acids is 1. The first-order valence-corrected chi connectivity index (χ1v) is 11.4. The van der Waals surface area contributed by atoms with Crippen LogP contribution in [0.25, 0.3) is 0 Å². The second-order valence-corrected chi connectivity index (χ2v) is 10.3. The van der Waals surface area contributed by atoms with Crippen molar-refractivity contribution in [1.82, 2.24) is 0 Å². The molecular formula is C22H31N2O4S-. The molecule has 29 heavy (non-hydrogen) atoms. The highest BCUT2D eigenvalue weighted by molar-refractivity contribution is 7.17. The lowest BCUT2D eigenvalue weighted by Crippen LogP contribution is -2.42. The topological polar surface area (TPSA) is 112 Å². The Kier molecular flexibility index (Phi) is 6.36. The molecule has 0 spiro atoms. The van der Waals surface area contributed by atoms with Gasteiger partial charge in [0.15, 0.2) is 0 Å². The van der Waals surface area contributed by atoms with Crippen LogP contribution in [0.3, 0.4) is 0 Å². The second kappa shape index (κ2) is 8.46. The molecule has 160 valence electrons. The quantitative estimate of drug-likeness (QED) is 0.738. The smallest absolute Gasteiger partial charge is 0.251 e. The van der Waals surface area contributed by atoms with Crippen molar-refractivity contribution >= 4 is 34.1 Å². The molecule has 0 radical (unpaired) electrons. The molecular weight excluding hydrogens is 388 g/mol. The van der Waals surface area contributed by atoms with Crippen molar-refractivity contribution in [1.29, 1.82) is 0 Å². The number of fused-ring (bicyclic) bond motifs is 1. The summed E-state index contributed by atoms with van der Waals surface area (Å²) in [6, 6.07) is 0. The maximum atomic E-state index is 12.9. The first kappa shape index (κ1) is 21.8. The van der Waals surface area contributed by atoms with Gasteiger partial charge in [0.05, 0.1) is 5.56 Å². The fourth-order valence-electron chi connectivity index (χ4n) is 4.82. The maximum Gasteiger partial charge on any atom is 0.251 e. The lowest BCUT2D eigenvalue weighted by molar-refractivity contribution is -0.313. The van der Waals surface area contributed by atoms with Crippen LogP contribution in [0.5, 0.6) is 0 Å². The number of aliphatic carboxylic acids is 1. The predicted molar refractivity (Wildman–Crippen MR) is 112 cm³/mol. The molecule has 1 aromatic heterocycles. The molecule has 2 aliphatic rings. The molecule has 2 amide bonds. The molecule has 1 aromatic rings. The van der Waals surface area contributed by atoms with Crippen LogP contribution < -0.4 is 16.2 Å². The third kappa shape index (κ3) is 4.34. The summed E-state index contributed by atoms with van der Waals surface area (Å²) < 4.78 is 0. The largest absolute Gasteiger partial charge is 0.550 e. The van der Waals surface area contributed by atoms with Gasteiger partial charge in [0.2, 0.25) is 5.91 Å². The zero-order chi connectivity index (χ0) is 21.3. The number of thiophene rings is 1. The molecule has 0 bridgehead atoms. The second-order valence-electron chi connectivity index (χ2n) is 9.16. The average Bonchev–Trinajstić information content (AvgIpc) is 3.04. The van der Waals surface area contributed by atoms with Crippen molar-refractivity contribution < 1.29 is 19.5 Å². The third-order valence-electron chi connectivity index (χ3n) is 7.17. The molecule has 0 saturated heterocycles. The summed E-state index contributed by atoms with van der Waals surface area (Å²) in [5.41, 5.74) is 7.25. The van der Waals surface area contributed by atoms with E-state index in [-0.39, 0.29) is 11.3 Å². The fraction of sp³-hybridized carbons (Fsp3) is 0.682. The summed E-state index contributed by atoms with van der Waals surface area (Å²) in [6.45, 7) is 6.75. The van der Waals surface area contributed by atoms with E-state index in [2.05, 4.69) is 26.1 Å². The number of hydrogen-bond acceptors (Lipinski definition) is 5. The van der Waals surface area contributed by atoms with E-state index in [1.165, 1.54) is 11.3 Å². The Hall–Kier alpha value is -1.89. The lowest BCUT2D eigenvalue weighted by Gasteiger charge is -2.36. The number of amides is 2. The number of carbonyl (C=O) groups excluding carboxylic acids is 3. The van der Waals surface area contributed by atoms with Gasteiger partial charge in [-0.2, -0.15) is 0 Å². The number of primary amides is 1. The molecule has 6 nitrogen and oxygen atoms in total. The van der Waals surface area contributed by atoms with Gasteiger partial charge in [-0.3, -0.25) is 9.59 Å². The molecule has 0 aromatic carbocycles. The van der Waals surface area contributed by atoms with Gasteiger partial charge in [0, 0.05) is 22.7 Å². The Labute approximate surface area is 176 Å². The first-order valence-electron chi connectivity index (χ1n) is 10.6. The van der Waals surface area contributed by atoms with E-state index in [0.717, 1.165) is 49.0 Å². The number of anilines is 1. The van der Waals surface area contributed by atoms with Crippen LogP contribution in [0.1, 0.15) is 80.1 Å². The number of nitrogens with two attached hydrogens (primary N) is 1. The molecule has 3 rings (SSSR count). The van der Waals surface area contributed by atoms with E-state index in [0.29, 0.717) is 29.3 Å². The monoisotopic (exact) mass is 419 g/mol. The summed E-state index contributed by atoms with van der Waals surface area (Å²) in [7, 11) is 0. The Balaban J connectivity index is 1.86. The van der Waals surface area contributed by atoms with Gasteiger partial charge in [-0.05, 0) is 49.0 Å². The van der Waals surface area contributed by atoms with E-state index < -0.39 is 23.7 Å². The Morgan fingerprint density at radius 2 is 1.83 bits per heavy atom. The fourth-order valence-corrected chi connectivity index (χ4v) is 6.16. The Morgan fingerprint density at radius 3 is 2.41 bits per heavy atom. The van der Waals surface area contributed by atoms with Crippen LogP contribution in [0.4, 0.5) is 5.00 Å². The van der Waals surface area contributed by atoms with Gasteiger partial charge >= 0.3 is 0 Å². The molecule has 7 heteroatoms. The van der Waals surface area contributed by atoms with E-state index >= 15 is 0 Å². The zero-order valence-corrected chi connectivity index (χ0v) is 18.3. The highest BCUT2D eigenvalue weighted by Crippen LogP contribution is 2.45. The standard InChI is InChI=1S/C22H32N2O4S/c1-4-22(2,3)12-9-10-15-16(11-12)29-20(17(15)18(23)25)24-19(26)13-7-5-6-8-14(13)21(27)28/h12-14H,4-11H2,1-3H3,(H2,23,25)(H,24,26)(H,27,28)/p-1/t12-,13-,14+/m1/s1. The molecule has 1 saturated carbocycles. The normalized spacial score (nSPS) is 24.6. The minimum Gasteiger partial charge on any atom is -0.550 e. The highest BCUT2D eigenvalue weighted by Gasteiger charge is 2.36. The van der Waals surface area contributed by atoms with Crippen molar-refractivity contribution in [2.75, 3.05) is 5.32 Å². The van der Waals surface area contributed by atoms with Crippen LogP contribution in [-0.4, -0.2) is 17.8 Å². The summed E-state index contributed by atoms with van der Waals surface area (Å²) in [6.07, 6.45) is 6.31. The molecule has 0 aliphatic heterocycles. The van der Waals surface area contributed by atoms with Crippen molar-refractivity contribution in [3.05, 3.63) is 16.0 Å². The lowest BCUT2D eigenvalue weighted by atomic mass is 9.69. The van der Waals surface area contributed by atoms with Crippen molar-refractivity contribution in [2.24, 2.45) is 28.9 Å². The van der Waals surface area contributed by atoms with Gasteiger partial charge in [-0.25, -0.2) is 0 Å². The van der Waals surface area contributed by atoms with Crippen molar-refractivity contribution in [3.63, 3.8) is 0 Å². The third-order valence-corrected chi connectivity index (χ3v) is 8.34. The van der Waals surface area contributed by atoms with E-state index in [1.54, 1.807) is 0 Å². The highest BCUT2D eigenvalue weighted by atomic mass is 32.1. The van der Waals surface area contributed by atoms with Crippen molar-refractivity contribution in [3.8, 4) is 0 Å². The molecule has 1 heterocycles. The number of rotatable bonds is 6. The van der Waals surface area contributed by atoms with Crippen LogP contribution in [-0.2, 0) is 22.4 Å². The molecule has 3 N–H and O–H groups in total. The van der Waals surface area contributed by atoms with E-state index in [4.69, 9.17) is 5.73 Å². The summed E-state index contributed by atoms with van der Waals surface area (Å²) in [4.78, 5) is 37.7. The van der Waals surface area contributed by atoms with Gasteiger partial charge in [0.1, 0.15) is 5.00 Å². The Bertz CT molecular complexity index is 814. The van der Waals surface area contributed by atoms with Gasteiger partial charge in [-0.15, -0.1) is 11.3 Å². The van der Waals surface area contributed by atoms with Crippen LogP contribution in [0.15, 0.2) is 0 Å². The minimum absolute atomic E-state index is 0.210. The SMILES string of the molecule is CCC(C)(C)[C@@H]1CCc2c(sc(NC(=O)[C@@H]3CCCC[C@@H]3C(=O)[O-])c2C(N)=O)C1. The van der Waals surface area contributed by atoms with Gasteiger partial charge < -0.3 is 21.0 Å². The number of carboxylic acid groups (broad SMARTS) is 1. The number of carbonyl (C=O) groups is 3. The van der Waals surface area contributed by atoms with Crippen LogP contribution in [0, 0.1) is 23.2 Å². The Morgan fingerprint density at radius 1 is 1.17 bits per heavy atom. The number of nitrogens with one attached hydrogen (secondary N) is 1. The van der Waals surface area contributed by atoms with Crippen molar-refractivity contribution in [2.45, 2.75) is 72.1 Å². The molecule has 1 fully saturated rings. The minimum atomic E-state index is -1.17. The van der Waals surface area contributed by atoms with Crippen LogP contribution in [0.2, 0.25) is 0 Å². The number of hydrogen-bond donors (Lipinski definition) is 2. The van der Waals surface area contributed by atoms with Crippen LogP contribution >= 0.6 is 11.3 Å². The summed E-state index contributed by atoms with van der Waals surface area (Å²) >= 11 is 1.43. The zero-order valence-electron chi connectivity index (χ0n) is 17.5. The van der Waals surface area contributed by atoms with E-state index in [1.807, 2.05) is 0 Å². The summed E-state index contributed by atoms with van der Waals surface area (Å²) in [5, 5.41) is 14.8. The molecule has 0 unspecified atom stereocenters. The van der Waals surface area contributed by atoms with Gasteiger partial charge in [-0.1, -0.05) is 40.0 Å². The van der Waals surface area contributed by atoms with Gasteiger partial charge in [0.25, 0.3) is 5.91 Å². The molecule has 2 aliphatic carbocycles. The average molecular weight is 420 g/mol.